The molecule has 0 aromatic carbocycles. The highest BCUT2D eigenvalue weighted by Crippen LogP contribution is 2.21. The maximum Gasteiger partial charge on any atom is 0.330 e. The number of hydrogen-bond donors (Lipinski definition) is 1. The molecule has 0 fully saturated rings. The van der Waals surface area contributed by atoms with Gasteiger partial charge in [-0.25, -0.2) is 4.79 Å². The van der Waals surface area contributed by atoms with Crippen LogP contribution in [0.2, 0.25) is 0 Å². The number of rotatable bonds is 19. The number of aliphatic carboxylic acids is 1. The molecule has 0 spiro atoms. The van der Waals surface area contributed by atoms with Gasteiger partial charge in [0.05, 0.1) is 0 Å². The average molecular weight is 381 g/mol. The van der Waals surface area contributed by atoms with Gasteiger partial charge in [-0.05, 0) is 25.2 Å². The zero-order valence-corrected chi connectivity index (χ0v) is 18.9. The summed E-state index contributed by atoms with van der Waals surface area (Å²) in [7, 11) is 0. The summed E-state index contributed by atoms with van der Waals surface area (Å²) in [6.45, 7) is 8.42. The van der Waals surface area contributed by atoms with E-state index in [2.05, 4.69) is 20.8 Å². The molecule has 1 N–H and O–H groups in total. The Balaban J connectivity index is 3.39. The lowest BCUT2D eigenvalue weighted by Gasteiger charge is -2.15. The summed E-state index contributed by atoms with van der Waals surface area (Å²) in [5.41, 5.74) is 0.478. The molecule has 0 aliphatic rings. The third-order valence-electron chi connectivity index (χ3n) is 5.70. The van der Waals surface area contributed by atoms with Crippen molar-refractivity contribution in [1.82, 2.24) is 0 Å². The van der Waals surface area contributed by atoms with Gasteiger partial charge in [-0.2, -0.15) is 0 Å². The first-order chi connectivity index (χ1) is 13.0. The van der Waals surface area contributed by atoms with E-state index in [0.717, 1.165) is 6.42 Å². The molecule has 0 saturated heterocycles. The van der Waals surface area contributed by atoms with E-state index in [1.54, 1.807) is 6.92 Å². The lowest BCUT2D eigenvalue weighted by atomic mass is 9.91. The first kappa shape index (κ1) is 26.2. The zero-order chi connectivity index (χ0) is 20.3. The van der Waals surface area contributed by atoms with Crippen molar-refractivity contribution in [2.24, 2.45) is 11.8 Å². The van der Waals surface area contributed by atoms with Crippen LogP contribution in [-0.2, 0) is 4.79 Å². The smallest absolute Gasteiger partial charge is 0.330 e. The Hall–Kier alpha value is -0.790. The SMILES string of the molecule is CCCCCCCCCCCCCCCC[C@H](C)C[C@@H](C)/C=C(/C)C(=O)O. The summed E-state index contributed by atoms with van der Waals surface area (Å²) < 4.78 is 0. The van der Waals surface area contributed by atoms with E-state index in [4.69, 9.17) is 5.11 Å². The van der Waals surface area contributed by atoms with E-state index in [0.29, 0.717) is 17.4 Å². The highest BCUT2D eigenvalue weighted by molar-refractivity contribution is 5.85. The predicted molar refractivity (Wildman–Crippen MR) is 119 cm³/mol. The third-order valence-corrected chi connectivity index (χ3v) is 5.70. The van der Waals surface area contributed by atoms with Crippen molar-refractivity contribution >= 4 is 5.97 Å². The molecule has 0 rings (SSSR count). The zero-order valence-electron chi connectivity index (χ0n) is 18.9. The first-order valence-corrected chi connectivity index (χ1v) is 11.9. The molecule has 0 aromatic heterocycles. The number of unbranched alkanes of at least 4 members (excludes halogenated alkanes) is 13. The molecule has 27 heavy (non-hydrogen) atoms. The molecule has 2 heteroatoms. The number of hydrogen-bond acceptors (Lipinski definition) is 1. The number of carboxylic acid groups (broad SMARTS) is 1. The van der Waals surface area contributed by atoms with Crippen LogP contribution in [0.4, 0.5) is 0 Å². The summed E-state index contributed by atoms with van der Waals surface area (Å²) in [5, 5.41) is 8.94. The quantitative estimate of drug-likeness (QED) is 0.180. The van der Waals surface area contributed by atoms with Crippen molar-refractivity contribution in [1.29, 1.82) is 0 Å². The minimum absolute atomic E-state index is 0.364. The molecule has 0 amide bonds. The second-order valence-corrected chi connectivity index (χ2v) is 8.86. The molecule has 0 aromatic rings. The van der Waals surface area contributed by atoms with Gasteiger partial charge in [-0.3, -0.25) is 0 Å². The minimum atomic E-state index is -0.790. The van der Waals surface area contributed by atoms with Crippen LogP contribution in [-0.4, -0.2) is 11.1 Å². The topological polar surface area (TPSA) is 37.3 Å². The highest BCUT2D eigenvalue weighted by Gasteiger charge is 2.09. The molecule has 2 atom stereocenters. The molecule has 0 radical (unpaired) electrons. The van der Waals surface area contributed by atoms with Crippen molar-refractivity contribution in [2.75, 3.05) is 0 Å². The number of carbonyl (C=O) groups is 1. The normalized spacial score (nSPS) is 14.3. The monoisotopic (exact) mass is 380 g/mol. The molecule has 0 aliphatic carbocycles. The van der Waals surface area contributed by atoms with Crippen LogP contribution in [0.15, 0.2) is 11.6 Å². The van der Waals surface area contributed by atoms with Gasteiger partial charge in [-0.1, -0.05) is 123 Å². The summed E-state index contributed by atoms with van der Waals surface area (Å²) in [5.74, 6) is 0.263. The van der Waals surface area contributed by atoms with Crippen LogP contribution in [0, 0.1) is 11.8 Å². The van der Waals surface area contributed by atoms with Crippen LogP contribution in [0.1, 0.15) is 130 Å². The predicted octanol–water partition coefficient (Wildman–Crippen LogP) is 8.55. The lowest BCUT2D eigenvalue weighted by molar-refractivity contribution is -0.132. The van der Waals surface area contributed by atoms with E-state index >= 15 is 0 Å². The third kappa shape index (κ3) is 18.3. The Bertz CT molecular complexity index is 373. The molecule has 0 saturated carbocycles. The van der Waals surface area contributed by atoms with E-state index in [1.165, 1.54) is 96.3 Å². The second kappa shape index (κ2) is 18.6. The Morgan fingerprint density at radius 2 is 1.19 bits per heavy atom. The standard InChI is InChI=1S/C25H48O2/c1-5-6-7-8-9-10-11-12-13-14-15-16-17-18-19-22(2)20-23(3)21-24(4)25(26)27/h21-23H,5-20H2,1-4H3,(H,26,27)/b24-21-/t22-,23+/m0/s1. The number of carboxylic acids is 1. The maximum atomic E-state index is 10.9. The van der Waals surface area contributed by atoms with Crippen molar-refractivity contribution in [3.8, 4) is 0 Å². The van der Waals surface area contributed by atoms with Crippen LogP contribution >= 0.6 is 0 Å². The minimum Gasteiger partial charge on any atom is -0.478 e. The van der Waals surface area contributed by atoms with Crippen molar-refractivity contribution < 1.29 is 9.90 Å². The summed E-state index contributed by atoms with van der Waals surface area (Å²) in [6, 6.07) is 0. The van der Waals surface area contributed by atoms with Crippen molar-refractivity contribution in [2.45, 2.75) is 130 Å². The Morgan fingerprint density at radius 3 is 1.59 bits per heavy atom. The van der Waals surface area contributed by atoms with Gasteiger partial charge in [0.15, 0.2) is 0 Å². The van der Waals surface area contributed by atoms with Gasteiger partial charge in [0, 0.05) is 5.57 Å². The van der Waals surface area contributed by atoms with E-state index < -0.39 is 5.97 Å². The van der Waals surface area contributed by atoms with Gasteiger partial charge in [0.1, 0.15) is 0 Å². The van der Waals surface area contributed by atoms with Gasteiger partial charge in [-0.15, -0.1) is 0 Å². The van der Waals surface area contributed by atoms with Crippen LogP contribution < -0.4 is 0 Å². The Labute approximate surface area is 170 Å². The van der Waals surface area contributed by atoms with Gasteiger partial charge in [0.25, 0.3) is 0 Å². The number of allylic oxidation sites excluding steroid dienone is 1. The molecule has 160 valence electrons. The molecule has 2 nitrogen and oxygen atoms in total. The fourth-order valence-corrected chi connectivity index (χ4v) is 4.01. The first-order valence-electron chi connectivity index (χ1n) is 11.9. The van der Waals surface area contributed by atoms with Gasteiger partial charge in [0.2, 0.25) is 0 Å². The fourth-order valence-electron chi connectivity index (χ4n) is 4.01. The Morgan fingerprint density at radius 1 is 0.778 bits per heavy atom. The van der Waals surface area contributed by atoms with Gasteiger partial charge >= 0.3 is 5.97 Å². The van der Waals surface area contributed by atoms with Gasteiger partial charge < -0.3 is 5.11 Å². The van der Waals surface area contributed by atoms with Crippen LogP contribution in [0.3, 0.4) is 0 Å². The molecule has 0 heterocycles. The fraction of sp³-hybridized carbons (Fsp3) is 0.880. The van der Waals surface area contributed by atoms with Crippen LogP contribution in [0.5, 0.6) is 0 Å². The summed E-state index contributed by atoms with van der Waals surface area (Å²) >= 11 is 0. The summed E-state index contributed by atoms with van der Waals surface area (Å²) in [4.78, 5) is 10.9. The molecular formula is C25H48O2. The van der Waals surface area contributed by atoms with Crippen molar-refractivity contribution in [3.63, 3.8) is 0 Å². The van der Waals surface area contributed by atoms with Crippen molar-refractivity contribution in [3.05, 3.63) is 11.6 Å². The summed E-state index contributed by atoms with van der Waals surface area (Å²) in [6.07, 6.45) is 24.0. The van der Waals surface area contributed by atoms with E-state index in [9.17, 15) is 4.79 Å². The molecule has 0 unspecified atom stereocenters. The van der Waals surface area contributed by atoms with E-state index in [1.807, 2.05) is 6.08 Å². The molecular weight excluding hydrogens is 332 g/mol. The Kier molecular flexibility index (Phi) is 18.0. The molecule has 0 bridgehead atoms. The maximum absolute atomic E-state index is 10.9. The average Bonchev–Trinajstić information content (AvgIpc) is 2.61. The molecule has 0 aliphatic heterocycles. The highest BCUT2D eigenvalue weighted by atomic mass is 16.4. The lowest BCUT2D eigenvalue weighted by Crippen LogP contribution is -2.04. The largest absolute Gasteiger partial charge is 0.478 e. The van der Waals surface area contributed by atoms with E-state index in [-0.39, 0.29) is 0 Å². The van der Waals surface area contributed by atoms with Crippen LogP contribution in [0.25, 0.3) is 0 Å². The second-order valence-electron chi connectivity index (χ2n) is 8.86.